The molecule has 0 atom stereocenters. The molecule has 2 nitrogen and oxygen atoms in total. The molecule has 1 fully saturated rings. The van der Waals surface area contributed by atoms with Gasteiger partial charge in [-0.1, -0.05) is 19.8 Å². The normalized spacial score (nSPS) is 20.6. The summed E-state index contributed by atoms with van der Waals surface area (Å²) in [5, 5.41) is 3.60. The van der Waals surface area contributed by atoms with Crippen LogP contribution < -0.4 is 5.32 Å². The lowest BCUT2D eigenvalue weighted by atomic mass is 9.85. The summed E-state index contributed by atoms with van der Waals surface area (Å²) in [5.41, 5.74) is 0.582. The van der Waals surface area contributed by atoms with Crippen molar-refractivity contribution in [2.24, 2.45) is 5.41 Å². The summed E-state index contributed by atoms with van der Waals surface area (Å²) in [4.78, 5) is 2.35. The Hall–Kier alpha value is -0.0800. The van der Waals surface area contributed by atoms with Gasteiger partial charge in [-0.15, -0.1) is 0 Å². The van der Waals surface area contributed by atoms with E-state index < -0.39 is 0 Å². The molecule has 1 N–H and O–H groups in total. The maximum atomic E-state index is 3.60. The molecule has 0 spiro atoms. The molecule has 14 heavy (non-hydrogen) atoms. The van der Waals surface area contributed by atoms with Crippen molar-refractivity contribution >= 4 is 0 Å². The third-order valence-electron chi connectivity index (χ3n) is 3.24. The third-order valence-corrected chi connectivity index (χ3v) is 3.24. The van der Waals surface area contributed by atoms with Crippen LogP contribution >= 0.6 is 0 Å². The lowest BCUT2D eigenvalue weighted by Gasteiger charge is -2.32. The maximum absolute atomic E-state index is 3.60. The van der Waals surface area contributed by atoms with Crippen molar-refractivity contribution < 1.29 is 0 Å². The fourth-order valence-electron chi connectivity index (χ4n) is 2.72. The first-order valence-corrected chi connectivity index (χ1v) is 6.04. The Balaban J connectivity index is 2.36. The summed E-state index contributed by atoms with van der Waals surface area (Å²) in [6.07, 6.45) is 6.95. The topological polar surface area (TPSA) is 15.3 Å². The van der Waals surface area contributed by atoms with E-state index in [1.54, 1.807) is 0 Å². The lowest BCUT2D eigenvalue weighted by molar-refractivity contribution is 0.195. The van der Waals surface area contributed by atoms with Crippen molar-refractivity contribution in [3.05, 3.63) is 0 Å². The van der Waals surface area contributed by atoms with Crippen molar-refractivity contribution in [2.45, 2.75) is 39.0 Å². The van der Waals surface area contributed by atoms with E-state index >= 15 is 0 Å². The van der Waals surface area contributed by atoms with Crippen molar-refractivity contribution in [2.75, 3.05) is 33.7 Å². The molecular formula is C12H26N2. The van der Waals surface area contributed by atoms with Gasteiger partial charge in [0.25, 0.3) is 0 Å². The Morgan fingerprint density at radius 2 is 1.86 bits per heavy atom. The van der Waals surface area contributed by atoms with E-state index in [-0.39, 0.29) is 0 Å². The Morgan fingerprint density at radius 3 is 2.36 bits per heavy atom. The van der Waals surface area contributed by atoms with Gasteiger partial charge >= 0.3 is 0 Å². The predicted octanol–water partition coefficient (Wildman–Crippen LogP) is 2.11. The van der Waals surface area contributed by atoms with Crippen LogP contribution in [0.25, 0.3) is 0 Å². The van der Waals surface area contributed by atoms with Crippen molar-refractivity contribution in [3.8, 4) is 0 Å². The molecule has 1 rings (SSSR count). The highest BCUT2D eigenvalue weighted by Gasteiger charge is 2.33. The van der Waals surface area contributed by atoms with E-state index in [1.165, 1.54) is 51.7 Å². The number of nitrogens with one attached hydrogen (secondary N) is 1. The molecule has 0 aliphatic heterocycles. The molecule has 0 aromatic rings. The second kappa shape index (κ2) is 5.72. The first-order chi connectivity index (χ1) is 6.68. The van der Waals surface area contributed by atoms with Gasteiger partial charge in [0.05, 0.1) is 0 Å². The van der Waals surface area contributed by atoms with Gasteiger partial charge in [0.1, 0.15) is 0 Å². The standard InChI is InChI=1S/C12H26N2/c1-4-9-13-10-12(11-14(2)3)7-5-6-8-12/h13H,4-11H2,1-3H3. The van der Waals surface area contributed by atoms with E-state index in [9.17, 15) is 0 Å². The molecule has 0 aromatic heterocycles. The molecule has 0 bridgehead atoms. The van der Waals surface area contributed by atoms with Crippen molar-refractivity contribution in [1.29, 1.82) is 0 Å². The minimum absolute atomic E-state index is 0.582. The number of nitrogens with zero attached hydrogens (tertiary/aromatic N) is 1. The van der Waals surface area contributed by atoms with E-state index in [1.807, 2.05) is 0 Å². The van der Waals surface area contributed by atoms with Gasteiger partial charge in [0, 0.05) is 13.1 Å². The average Bonchev–Trinajstić information content (AvgIpc) is 2.53. The predicted molar refractivity (Wildman–Crippen MR) is 62.6 cm³/mol. The minimum atomic E-state index is 0.582. The zero-order chi connectivity index (χ0) is 10.4. The summed E-state index contributed by atoms with van der Waals surface area (Å²) < 4.78 is 0. The molecule has 0 radical (unpaired) electrons. The average molecular weight is 198 g/mol. The Labute approximate surface area is 89.1 Å². The molecular weight excluding hydrogens is 172 g/mol. The highest BCUT2D eigenvalue weighted by Crippen LogP contribution is 2.37. The molecule has 0 amide bonds. The van der Waals surface area contributed by atoms with Gasteiger partial charge in [-0.25, -0.2) is 0 Å². The molecule has 1 aliphatic carbocycles. The molecule has 0 aromatic carbocycles. The van der Waals surface area contributed by atoms with Crippen molar-refractivity contribution in [3.63, 3.8) is 0 Å². The number of hydrogen-bond acceptors (Lipinski definition) is 2. The zero-order valence-corrected chi connectivity index (χ0v) is 10.1. The second-order valence-electron chi connectivity index (χ2n) is 5.12. The fraction of sp³-hybridized carbons (Fsp3) is 1.00. The van der Waals surface area contributed by atoms with Crippen LogP contribution in [0.4, 0.5) is 0 Å². The smallest absolute Gasteiger partial charge is 0.00440 e. The molecule has 1 saturated carbocycles. The van der Waals surface area contributed by atoms with Gasteiger partial charge in [-0.2, -0.15) is 0 Å². The first kappa shape index (κ1) is 12.0. The summed E-state index contributed by atoms with van der Waals surface area (Å²) in [6.45, 7) is 5.89. The molecule has 0 saturated heterocycles. The Bertz CT molecular complexity index is 148. The van der Waals surface area contributed by atoms with Gasteiger partial charge in [-0.3, -0.25) is 0 Å². The lowest BCUT2D eigenvalue weighted by Crippen LogP contribution is -2.40. The highest BCUT2D eigenvalue weighted by atomic mass is 15.1. The second-order valence-corrected chi connectivity index (χ2v) is 5.12. The van der Waals surface area contributed by atoms with E-state index in [0.29, 0.717) is 5.41 Å². The van der Waals surface area contributed by atoms with E-state index in [2.05, 4.69) is 31.2 Å². The monoisotopic (exact) mass is 198 g/mol. The molecule has 0 unspecified atom stereocenters. The molecule has 84 valence electrons. The van der Waals surface area contributed by atoms with Gasteiger partial charge in [0.15, 0.2) is 0 Å². The highest BCUT2D eigenvalue weighted by molar-refractivity contribution is 4.88. The van der Waals surface area contributed by atoms with Gasteiger partial charge in [-0.05, 0) is 45.3 Å². The van der Waals surface area contributed by atoms with Crippen LogP contribution in [0.5, 0.6) is 0 Å². The number of hydrogen-bond donors (Lipinski definition) is 1. The Kier molecular flexibility index (Phi) is 4.90. The SMILES string of the molecule is CCCNCC1(CN(C)C)CCCC1. The van der Waals surface area contributed by atoms with E-state index in [4.69, 9.17) is 0 Å². The fourth-order valence-corrected chi connectivity index (χ4v) is 2.72. The Morgan fingerprint density at radius 1 is 1.21 bits per heavy atom. The van der Waals surface area contributed by atoms with Crippen LogP contribution in [0.1, 0.15) is 39.0 Å². The van der Waals surface area contributed by atoms with E-state index in [0.717, 1.165) is 0 Å². The zero-order valence-electron chi connectivity index (χ0n) is 10.1. The van der Waals surface area contributed by atoms with Crippen LogP contribution in [-0.2, 0) is 0 Å². The van der Waals surface area contributed by atoms with Gasteiger partial charge < -0.3 is 10.2 Å². The molecule has 0 heterocycles. The number of rotatable bonds is 6. The largest absolute Gasteiger partial charge is 0.316 e. The summed E-state index contributed by atoms with van der Waals surface area (Å²) in [6, 6.07) is 0. The minimum Gasteiger partial charge on any atom is -0.316 e. The summed E-state index contributed by atoms with van der Waals surface area (Å²) >= 11 is 0. The summed E-state index contributed by atoms with van der Waals surface area (Å²) in [5.74, 6) is 0. The van der Waals surface area contributed by atoms with Crippen molar-refractivity contribution in [1.82, 2.24) is 10.2 Å². The van der Waals surface area contributed by atoms with Crippen LogP contribution in [0.3, 0.4) is 0 Å². The quantitative estimate of drug-likeness (QED) is 0.658. The molecule has 2 heteroatoms. The first-order valence-electron chi connectivity index (χ1n) is 6.04. The van der Waals surface area contributed by atoms with Crippen LogP contribution in [-0.4, -0.2) is 38.6 Å². The van der Waals surface area contributed by atoms with Crippen LogP contribution in [0, 0.1) is 5.41 Å². The van der Waals surface area contributed by atoms with Crippen LogP contribution in [0.15, 0.2) is 0 Å². The van der Waals surface area contributed by atoms with Crippen LogP contribution in [0.2, 0.25) is 0 Å². The van der Waals surface area contributed by atoms with Gasteiger partial charge in [0.2, 0.25) is 0 Å². The summed E-state index contributed by atoms with van der Waals surface area (Å²) in [7, 11) is 4.39. The maximum Gasteiger partial charge on any atom is 0.00440 e. The molecule has 1 aliphatic rings. The third kappa shape index (κ3) is 3.58.